The maximum atomic E-state index is 10.7. The first-order chi connectivity index (χ1) is 7.81. The van der Waals surface area contributed by atoms with Crippen molar-refractivity contribution in [1.82, 2.24) is 0 Å². The van der Waals surface area contributed by atoms with E-state index in [2.05, 4.69) is 0 Å². The molecule has 0 aliphatic carbocycles. The van der Waals surface area contributed by atoms with Crippen molar-refractivity contribution in [1.29, 1.82) is 0 Å². The van der Waals surface area contributed by atoms with Gasteiger partial charge >= 0.3 is 0 Å². The van der Waals surface area contributed by atoms with Crippen molar-refractivity contribution >= 4 is 28.2 Å². The van der Waals surface area contributed by atoms with E-state index in [1.807, 2.05) is 24.3 Å². The van der Waals surface area contributed by atoms with E-state index < -0.39 is 0 Å². The summed E-state index contributed by atoms with van der Waals surface area (Å²) in [6.07, 6.45) is 0.635. The minimum absolute atomic E-state index is 0.0162. The van der Waals surface area contributed by atoms with E-state index in [4.69, 9.17) is 4.42 Å². The first-order valence-electron chi connectivity index (χ1n) is 4.89. The SMILES string of the molecule is O=Cc1ccc2oc3ccccc3c2c1O. The van der Waals surface area contributed by atoms with Crippen LogP contribution in [0.3, 0.4) is 0 Å². The van der Waals surface area contributed by atoms with Crippen LogP contribution >= 0.6 is 0 Å². The summed E-state index contributed by atoms with van der Waals surface area (Å²) in [7, 11) is 0. The molecule has 3 aromatic rings. The van der Waals surface area contributed by atoms with Gasteiger partial charge in [-0.05, 0) is 18.2 Å². The Morgan fingerprint density at radius 1 is 1.06 bits per heavy atom. The van der Waals surface area contributed by atoms with Gasteiger partial charge < -0.3 is 9.52 Å². The van der Waals surface area contributed by atoms with Crippen molar-refractivity contribution in [2.24, 2.45) is 0 Å². The molecule has 0 saturated carbocycles. The van der Waals surface area contributed by atoms with Crippen LogP contribution in [0.15, 0.2) is 40.8 Å². The third-order valence-electron chi connectivity index (χ3n) is 2.67. The van der Waals surface area contributed by atoms with Gasteiger partial charge in [0.25, 0.3) is 0 Å². The highest BCUT2D eigenvalue weighted by Crippen LogP contribution is 2.36. The lowest BCUT2D eigenvalue weighted by atomic mass is 10.1. The molecule has 0 aliphatic heterocycles. The number of carbonyl (C=O) groups is 1. The third-order valence-corrected chi connectivity index (χ3v) is 2.67. The average molecular weight is 212 g/mol. The number of phenols is 1. The molecule has 2 aromatic carbocycles. The van der Waals surface area contributed by atoms with Gasteiger partial charge in [0, 0.05) is 5.39 Å². The Balaban J connectivity index is 2.58. The van der Waals surface area contributed by atoms with Crippen LogP contribution in [0.5, 0.6) is 5.75 Å². The van der Waals surface area contributed by atoms with E-state index in [1.54, 1.807) is 12.1 Å². The molecule has 0 spiro atoms. The fourth-order valence-corrected chi connectivity index (χ4v) is 1.91. The van der Waals surface area contributed by atoms with Gasteiger partial charge in [-0.3, -0.25) is 4.79 Å². The van der Waals surface area contributed by atoms with Gasteiger partial charge in [0.1, 0.15) is 16.9 Å². The number of hydrogen-bond acceptors (Lipinski definition) is 3. The highest BCUT2D eigenvalue weighted by Gasteiger charge is 2.12. The zero-order chi connectivity index (χ0) is 11.1. The number of hydrogen-bond donors (Lipinski definition) is 1. The van der Waals surface area contributed by atoms with Crippen molar-refractivity contribution in [2.75, 3.05) is 0 Å². The van der Waals surface area contributed by atoms with Crippen molar-refractivity contribution in [3.63, 3.8) is 0 Å². The van der Waals surface area contributed by atoms with Gasteiger partial charge in [0.2, 0.25) is 0 Å². The van der Waals surface area contributed by atoms with E-state index in [0.29, 0.717) is 22.8 Å². The van der Waals surface area contributed by atoms with Crippen LogP contribution in [0.4, 0.5) is 0 Å². The first kappa shape index (κ1) is 8.97. The molecular weight excluding hydrogens is 204 g/mol. The van der Waals surface area contributed by atoms with Crippen LogP contribution in [0.25, 0.3) is 21.9 Å². The summed E-state index contributed by atoms with van der Waals surface area (Å²) in [5.74, 6) is -0.0162. The van der Waals surface area contributed by atoms with Crippen LogP contribution in [-0.4, -0.2) is 11.4 Å². The summed E-state index contributed by atoms with van der Waals surface area (Å²) in [6.45, 7) is 0. The number of aldehydes is 1. The lowest BCUT2D eigenvalue weighted by molar-refractivity contribution is 0.112. The number of para-hydroxylation sites is 1. The molecule has 0 saturated heterocycles. The van der Waals surface area contributed by atoms with E-state index in [1.165, 1.54) is 0 Å². The van der Waals surface area contributed by atoms with E-state index >= 15 is 0 Å². The van der Waals surface area contributed by atoms with Crippen molar-refractivity contribution in [3.8, 4) is 5.75 Å². The van der Waals surface area contributed by atoms with Crippen LogP contribution in [0.2, 0.25) is 0 Å². The Kier molecular flexibility index (Phi) is 1.74. The molecule has 1 heterocycles. The Bertz CT molecular complexity index is 695. The fourth-order valence-electron chi connectivity index (χ4n) is 1.91. The molecular formula is C13H8O3. The smallest absolute Gasteiger partial charge is 0.153 e. The quantitative estimate of drug-likeness (QED) is 0.630. The van der Waals surface area contributed by atoms with Crippen LogP contribution in [0.1, 0.15) is 10.4 Å². The lowest BCUT2D eigenvalue weighted by Gasteiger charge is -1.97. The molecule has 0 radical (unpaired) electrons. The topological polar surface area (TPSA) is 50.4 Å². The Hall–Kier alpha value is -2.29. The number of benzene rings is 2. The predicted octanol–water partition coefficient (Wildman–Crippen LogP) is 3.10. The molecule has 0 bridgehead atoms. The van der Waals surface area contributed by atoms with Crippen molar-refractivity contribution in [2.45, 2.75) is 0 Å². The normalized spacial score (nSPS) is 11.0. The second kappa shape index (κ2) is 3.10. The summed E-state index contributed by atoms with van der Waals surface area (Å²) >= 11 is 0. The summed E-state index contributed by atoms with van der Waals surface area (Å²) in [4.78, 5) is 10.7. The maximum absolute atomic E-state index is 10.7. The van der Waals surface area contributed by atoms with Gasteiger partial charge in [0.15, 0.2) is 6.29 Å². The summed E-state index contributed by atoms with van der Waals surface area (Å²) in [5, 5.41) is 11.4. The van der Waals surface area contributed by atoms with E-state index in [-0.39, 0.29) is 11.3 Å². The van der Waals surface area contributed by atoms with Crippen LogP contribution < -0.4 is 0 Å². The van der Waals surface area contributed by atoms with Crippen LogP contribution in [0, 0.1) is 0 Å². The van der Waals surface area contributed by atoms with E-state index in [0.717, 1.165) is 5.39 Å². The monoisotopic (exact) mass is 212 g/mol. The number of phenolic OH excluding ortho intramolecular Hbond substituents is 1. The van der Waals surface area contributed by atoms with Gasteiger partial charge in [0.05, 0.1) is 10.9 Å². The summed E-state index contributed by atoms with van der Waals surface area (Å²) in [5.41, 5.74) is 1.57. The minimum Gasteiger partial charge on any atom is -0.506 e. The molecule has 3 rings (SSSR count). The average Bonchev–Trinajstić information content (AvgIpc) is 2.68. The minimum atomic E-state index is -0.0162. The molecule has 3 heteroatoms. The molecule has 0 aliphatic rings. The van der Waals surface area contributed by atoms with Gasteiger partial charge in [-0.25, -0.2) is 0 Å². The molecule has 0 atom stereocenters. The number of furan rings is 1. The summed E-state index contributed by atoms with van der Waals surface area (Å²) in [6, 6.07) is 10.7. The number of rotatable bonds is 1. The first-order valence-corrected chi connectivity index (χ1v) is 4.89. The summed E-state index contributed by atoms with van der Waals surface area (Å²) < 4.78 is 5.56. The molecule has 0 unspecified atom stereocenters. The molecule has 0 fully saturated rings. The predicted molar refractivity (Wildman–Crippen MR) is 60.8 cm³/mol. The fraction of sp³-hybridized carbons (Fsp3) is 0. The molecule has 1 aromatic heterocycles. The highest BCUT2D eigenvalue weighted by atomic mass is 16.3. The molecule has 1 N–H and O–H groups in total. The number of carbonyl (C=O) groups excluding carboxylic acids is 1. The zero-order valence-corrected chi connectivity index (χ0v) is 8.31. The van der Waals surface area contributed by atoms with Gasteiger partial charge in [-0.1, -0.05) is 18.2 Å². The van der Waals surface area contributed by atoms with Crippen molar-refractivity contribution < 1.29 is 14.3 Å². The molecule has 78 valence electrons. The van der Waals surface area contributed by atoms with E-state index in [9.17, 15) is 9.90 Å². The Labute approximate surface area is 90.9 Å². The number of fused-ring (bicyclic) bond motifs is 3. The Morgan fingerprint density at radius 2 is 1.88 bits per heavy atom. The zero-order valence-electron chi connectivity index (χ0n) is 8.31. The molecule has 16 heavy (non-hydrogen) atoms. The number of aromatic hydroxyl groups is 1. The molecule has 0 amide bonds. The second-order valence-corrected chi connectivity index (χ2v) is 3.59. The van der Waals surface area contributed by atoms with Gasteiger partial charge in [-0.15, -0.1) is 0 Å². The van der Waals surface area contributed by atoms with Crippen LogP contribution in [-0.2, 0) is 0 Å². The standard InChI is InChI=1S/C13H8O3/c14-7-8-5-6-11-12(13(8)15)9-3-1-2-4-10(9)16-11/h1-7,15H. The largest absolute Gasteiger partial charge is 0.506 e. The second-order valence-electron chi connectivity index (χ2n) is 3.59. The highest BCUT2D eigenvalue weighted by molar-refractivity contribution is 6.10. The van der Waals surface area contributed by atoms with Gasteiger partial charge in [-0.2, -0.15) is 0 Å². The van der Waals surface area contributed by atoms with Crippen molar-refractivity contribution in [3.05, 3.63) is 42.0 Å². The lowest BCUT2D eigenvalue weighted by Crippen LogP contribution is -1.80. The third kappa shape index (κ3) is 1.05. The molecule has 3 nitrogen and oxygen atoms in total. The Morgan fingerprint density at radius 3 is 2.69 bits per heavy atom. The maximum Gasteiger partial charge on any atom is 0.153 e.